The second kappa shape index (κ2) is 9.40. The van der Waals surface area contributed by atoms with Crippen molar-refractivity contribution in [3.63, 3.8) is 0 Å². The van der Waals surface area contributed by atoms with Crippen LogP contribution in [-0.2, 0) is 19.5 Å². The molecule has 1 aliphatic rings. The number of amides is 1. The lowest BCUT2D eigenvalue weighted by molar-refractivity contribution is 0.0591. The van der Waals surface area contributed by atoms with Gasteiger partial charge in [0.15, 0.2) is 0 Å². The van der Waals surface area contributed by atoms with Crippen LogP contribution in [0.3, 0.4) is 0 Å². The molecule has 4 aromatic heterocycles. The van der Waals surface area contributed by atoms with E-state index in [0.717, 1.165) is 40.0 Å². The number of aromatic nitrogens is 5. The smallest absolute Gasteiger partial charge is 0.274 e. The van der Waals surface area contributed by atoms with Crippen LogP contribution in [0.15, 0.2) is 60.9 Å². The van der Waals surface area contributed by atoms with E-state index < -0.39 is 6.17 Å². The van der Waals surface area contributed by atoms with Gasteiger partial charge in [0.25, 0.3) is 5.91 Å². The van der Waals surface area contributed by atoms with E-state index in [2.05, 4.69) is 22.2 Å². The number of anilines is 1. The molecule has 188 valence electrons. The summed E-state index contributed by atoms with van der Waals surface area (Å²) < 4.78 is 16.9. The molecular formula is C28H28FN7O. The molecule has 37 heavy (non-hydrogen) atoms. The summed E-state index contributed by atoms with van der Waals surface area (Å²) in [7, 11) is 0. The SMILES string of the molecule is CCc1nn(Cc2cccc(C)n2)c2cccc(NC(=O)c3cnc4cc(CN5CC(F)C5)ccn34)c12. The zero-order valence-electron chi connectivity index (χ0n) is 20.9. The van der Waals surface area contributed by atoms with Crippen molar-refractivity contribution in [1.29, 1.82) is 0 Å². The van der Waals surface area contributed by atoms with Gasteiger partial charge in [-0.15, -0.1) is 0 Å². The second-order valence-corrected chi connectivity index (χ2v) is 9.58. The summed E-state index contributed by atoms with van der Waals surface area (Å²) in [6.45, 7) is 6.20. The number of nitrogens with one attached hydrogen (secondary N) is 1. The highest BCUT2D eigenvalue weighted by atomic mass is 19.1. The van der Waals surface area contributed by atoms with E-state index in [4.69, 9.17) is 5.10 Å². The first-order valence-electron chi connectivity index (χ1n) is 12.5. The van der Waals surface area contributed by atoms with Crippen LogP contribution in [0.5, 0.6) is 0 Å². The standard InChI is InChI=1S/C28H28FN7O/c1-3-22-27-23(8-5-9-24(27)36(33-22)17-21-7-4-6-18(2)31-21)32-28(37)25-13-30-26-12-19(10-11-35(25)26)14-34-15-20(29)16-34/h4-13,20H,3,14-17H2,1-2H3,(H,32,37). The van der Waals surface area contributed by atoms with Crippen molar-refractivity contribution in [3.8, 4) is 0 Å². The van der Waals surface area contributed by atoms with Gasteiger partial charge in [0, 0.05) is 36.9 Å². The number of nitrogens with zero attached hydrogens (tertiary/aromatic N) is 6. The number of halogens is 1. The molecule has 1 amide bonds. The number of hydrogen-bond acceptors (Lipinski definition) is 5. The molecule has 8 nitrogen and oxygen atoms in total. The fourth-order valence-electron chi connectivity index (χ4n) is 4.99. The van der Waals surface area contributed by atoms with Crippen molar-refractivity contribution in [3.05, 3.63) is 89.3 Å². The number of hydrogen-bond donors (Lipinski definition) is 1. The van der Waals surface area contributed by atoms with Gasteiger partial charge in [-0.05, 0) is 55.3 Å². The highest BCUT2D eigenvalue weighted by Crippen LogP contribution is 2.29. The number of carbonyl (C=O) groups is 1. The third-order valence-corrected chi connectivity index (χ3v) is 6.82. The van der Waals surface area contributed by atoms with Gasteiger partial charge >= 0.3 is 0 Å². The molecule has 9 heteroatoms. The topological polar surface area (TPSA) is 80.3 Å². The quantitative estimate of drug-likeness (QED) is 0.360. The Morgan fingerprint density at radius 1 is 1.14 bits per heavy atom. The molecule has 5 aromatic rings. The molecule has 1 aliphatic heterocycles. The van der Waals surface area contributed by atoms with Crippen LogP contribution >= 0.6 is 0 Å². The average molecular weight is 498 g/mol. The summed E-state index contributed by atoms with van der Waals surface area (Å²) >= 11 is 0. The molecule has 1 saturated heterocycles. The van der Waals surface area contributed by atoms with Crippen LogP contribution in [0.2, 0.25) is 0 Å². The summed E-state index contributed by atoms with van der Waals surface area (Å²) in [6.07, 6.45) is 3.44. The molecule has 0 unspecified atom stereocenters. The van der Waals surface area contributed by atoms with Gasteiger partial charge in [0.05, 0.1) is 35.3 Å². The lowest BCUT2D eigenvalue weighted by Gasteiger charge is -2.34. The molecule has 0 atom stereocenters. The maximum absolute atomic E-state index is 13.4. The molecule has 0 saturated carbocycles. The van der Waals surface area contributed by atoms with E-state index in [0.29, 0.717) is 43.2 Å². The van der Waals surface area contributed by atoms with E-state index in [-0.39, 0.29) is 5.91 Å². The number of alkyl halides is 1. The number of aryl methyl sites for hydroxylation is 2. The molecule has 1 aromatic carbocycles. The zero-order chi connectivity index (χ0) is 25.5. The van der Waals surface area contributed by atoms with Crippen LogP contribution < -0.4 is 5.32 Å². The van der Waals surface area contributed by atoms with Crippen molar-refractivity contribution in [1.82, 2.24) is 29.0 Å². The van der Waals surface area contributed by atoms with E-state index in [9.17, 15) is 9.18 Å². The molecule has 5 heterocycles. The van der Waals surface area contributed by atoms with Crippen LogP contribution in [0.4, 0.5) is 10.1 Å². The summed E-state index contributed by atoms with van der Waals surface area (Å²) in [5, 5.41) is 8.87. The minimum atomic E-state index is -0.727. The fourth-order valence-corrected chi connectivity index (χ4v) is 4.99. The van der Waals surface area contributed by atoms with Crippen LogP contribution in [0.1, 0.15) is 40.1 Å². The fraction of sp³-hybridized carbons (Fsp3) is 0.286. The normalized spacial score (nSPS) is 14.4. The molecule has 0 aliphatic carbocycles. The van der Waals surface area contributed by atoms with Gasteiger partial charge in [-0.1, -0.05) is 19.1 Å². The molecule has 0 bridgehead atoms. The Bertz CT molecular complexity index is 1620. The maximum Gasteiger partial charge on any atom is 0.274 e. The van der Waals surface area contributed by atoms with Crippen molar-refractivity contribution in [2.75, 3.05) is 18.4 Å². The Hall–Kier alpha value is -4.11. The van der Waals surface area contributed by atoms with Gasteiger partial charge < -0.3 is 5.32 Å². The third-order valence-electron chi connectivity index (χ3n) is 6.82. The van der Waals surface area contributed by atoms with Gasteiger partial charge in [-0.3, -0.25) is 23.8 Å². The summed E-state index contributed by atoms with van der Waals surface area (Å²) in [5.41, 5.74) is 6.66. The van der Waals surface area contributed by atoms with E-state index in [1.807, 2.05) is 71.2 Å². The highest BCUT2D eigenvalue weighted by molar-refractivity contribution is 6.08. The number of benzene rings is 1. The minimum absolute atomic E-state index is 0.245. The van der Waals surface area contributed by atoms with E-state index in [1.165, 1.54) is 0 Å². The molecule has 0 radical (unpaired) electrons. The first-order valence-corrected chi connectivity index (χ1v) is 12.5. The first-order chi connectivity index (χ1) is 18.0. The van der Waals surface area contributed by atoms with Crippen molar-refractivity contribution < 1.29 is 9.18 Å². The predicted octanol–water partition coefficient (Wildman–Crippen LogP) is 4.40. The lowest BCUT2D eigenvalue weighted by Crippen LogP contribution is -2.47. The predicted molar refractivity (Wildman–Crippen MR) is 141 cm³/mol. The maximum atomic E-state index is 13.4. The summed E-state index contributed by atoms with van der Waals surface area (Å²) in [5.74, 6) is -0.245. The monoisotopic (exact) mass is 497 g/mol. The third kappa shape index (κ3) is 4.46. The van der Waals surface area contributed by atoms with Crippen LogP contribution in [-0.4, -0.2) is 54.2 Å². The Morgan fingerprint density at radius 2 is 1.97 bits per heavy atom. The average Bonchev–Trinajstić information content (AvgIpc) is 3.45. The first kappa shape index (κ1) is 23.3. The highest BCUT2D eigenvalue weighted by Gasteiger charge is 2.26. The number of rotatable bonds is 7. The van der Waals surface area contributed by atoms with Crippen LogP contribution in [0, 0.1) is 6.92 Å². The molecule has 0 spiro atoms. The second-order valence-electron chi connectivity index (χ2n) is 9.58. The number of fused-ring (bicyclic) bond motifs is 2. The van der Waals surface area contributed by atoms with Crippen LogP contribution in [0.25, 0.3) is 16.6 Å². The summed E-state index contributed by atoms with van der Waals surface area (Å²) in [4.78, 5) is 24.5. The van der Waals surface area contributed by atoms with Gasteiger partial charge in [0.1, 0.15) is 17.5 Å². The van der Waals surface area contributed by atoms with Crippen molar-refractivity contribution in [2.24, 2.45) is 0 Å². The van der Waals surface area contributed by atoms with E-state index >= 15 is 0 Å². The Balaban J connectivity index is 1.27. The molecule has 1 N–H and O–H groups in total. The molecule has 6 rings (SSSR count). The molecule has 1 fully saturated rings. The zero-order valence-corrected chi connectivity index (χ0v) is 20.9. The van der Waals surface area contributed by atoms with Gasteiger partial charge in [-0.2, -0.15) is 5.10 Å². The minimum Gasteiger partial charge on any atom is -0.320 e. The Morgan fingerprint density at radius 3 is 2.76 bits per heavy atom. The molecular weight excluding hydrogens is 469 g/mol. The van der Waals surface area contributed by atoms with Crippen molar-refractivity contribution >= 4 is 28.1 Å². The number of carbonyl (C=O) groups excluding carboxylic acids is 1. The van der Waals surface area contributed by atoms with E-state index in [1.54, 1.807) is 10.6 Å². The Labute approximate surface area is 213 Å². The number of likely N-dealkylation sites (tertiary alicyclic amines) is 1. The number of imidazole rings is 1. The largest absolute Gasteiger partial charge is 0.320 e. The number of pyridine rings is 2. The lowest BCUT2D eigenvalue weighted by atomic mass is 10.1. The van der Waals surface area contributed by atoms with Gasteiger partial charge in [0.2, 0.25) is 0 Å². The summed E-state index contributed by atoms with van der Waals surface area (Å²) in [6, 6.07) is 15.7. The van der Waals surface area contributed by atoms with Crippen molar-refractivity contribution in [2.45, 2.75) is 39.5 Å². The Kier molecular flexibility index (Phi) is 5.92. The van der Waals surface area contributed by atoms with Gasteiger partial charge in [-0.25, -0.2) is 9.37 Å².